The number of hydrogen-bond donors (Lipinski definition) is 1. The first kappa shape index (κ1) is 17.7. The van der Waals surface area contributed by atoms with Gasteiger partial charge in [0.1, 0.15) is 6.10 Å². The van der Waals surface area contributed by atoms with E-state index in [0.717, 1.165) is 32.1 Å². The van der Waals surface area contributed by atoms with Crippen LogP contribution in [0.3, 0.4) is 0 Å². The van der Waals surface area contributed by atoms with Crippen molar-refractivity contribution in [1.29, 1.82) is 0 Å². The molecule has 0 saturated heterocycles. The summed E-state index contributed by atoms with van der Waals surface area (Å²) in [4.78, 5) is 22.1. The Morgan fingerprint density at radius 2 is 2.05 bits per heavy atom. The third kappa shape index (κ3) is 6.29. The van der Waals surface area contributed by atoms with Crippen LogP contribution in [-0.4, -0.2) is 36.9 Å². The van der Waals surface area contributed by atoms with Gasteiger partial charge in [-0.15, -0.1) is 0 Å². The summed E-state index contributed by atoms with van der Waals surface area (Å²) in [6.45, 7) is 1.54. The zero-order valence-electron chi connectivity index (χ0n) is 12.9. The maximum Gasteiger partial charge on any atom is 0.305 e. The zero-order valence-corrected chi connectivity index (χ0v) is 12.9. The Morgan fingerprint density at radius 3 is 2.67 bits per heavy atom. The fraction of sp³-hybridized carbons (Fsp3) is 0.750. The summed E-state index contributed by atoms with van der Waals surface area (Å²) in [5.41, 5.74) is 0. The highest BCUT2D eigenvalue weighted by molar-refractivity contribution is 5.69. The lowest BCUT2D eigenvalue weighted by Crippen LogP contribution is -2.24. The highest BCUT2D eigenvalue weighted by Gasteiger charge is 2.35. The van der Waals surface area contributed by atoms with Gasteiger partial charge in [-0.2, -0.15) is 0 Å². The van der Waals surface area contributed by atoms with Crippen LogP contribution < -0.4 is 0 Å². The van der Waals surface area contributed by atoms with Gasteiger partial charge < -0.3 is 14.6 Å². The van der Waals surface area contributed by atoms with E-state index in [2.05, 4.69) is 16.9 Å². The van der Waals surface area contributed by atoms with Crippen molar-refractivity contribution in [2.24, 2.45) is 11.8 Å². The molecular weight excluding hydrogens is 272 g/mol. The molecule has 1 aliphatic carbocycles. The average molecular weight is 298 g/mol. The molecule has 0 spiro atoms. The number of ether oxygens (including phenoxy) is 2. The SMILES string of the molecule is COC(=O)CCCCC=CC1C(CO)CCC1OC(C)=O. The molecule has 0 aromatic heterocycles. The lowest BCUT2D eigenvalue weighted by atomic mass is 9.94. The summed E-state index contributed by atoms with van der Waals surface area (Å²) in [6, 6.07) is 0. The van der Waals surface area contributed by atoms with Crippen LogP contribution in [0.1, 0.15) is 45.4 Å². The third-order valence-electron chi connectivity index (χ3n) is 3.94. The Hall–Kier alpha value is -1.36. The number of methoxy groups -OCH3 is 1. The molecule has 5 nitrogen and oxygen atoms in total. The van der Waals surface area contributed by atoms with Gasteiger partial charge in [-0.25, -0.2) is 0 Å². The van der Waals surface area contributed by atoms with E-state index in [1.807, 2.05) is 0 Å². The number of hydrogen-bond acceptors (Lipinski definition) is 5. The van der Waals surface area contributed by atoms with Crippen LogP contribution in [0.25, 0.3) is 0 Å². The highest BCUT2D eigenvalue weighted by Crippen LogP contribution is 2.35. The lowest BCUT2D eigenvalue weighted by molar-refractivity contribution is -0.147. The summed E-state index contributed by atoms with van der Waals surface area (Å²) in [6.07, 6.45) is 8.73. The van der Waals surface area contributed by atoms with E-state index < -0.39 is 0 Å². The minimum absolute atomic E-state index is 0.0968. The molecule has 0 amide bonds. The van der Waals surface area contributed by atoms with Gasteiger partial charge in [0.15, 0.2) is 0 Å². The summed E-state index contributed by atoms with van der Waals surface area (Å²) >= 11 is 0. The van der Waals surface area contributed by atoms with Gasteiger partial charge in [0.2, 0.25) is 0 Å². The normalized spacial score (nSPS) is 25.2. The molecule has 3 atom stereocenters. The quantitative estimate of drug-likeness (QED) is 0.422. The molecule has 0 aromatic rings. The van der Waals surface area contributed by atoms with E-state index in [-0.39, 0.29) is 36.5 Å². The molecule has 0 bridgehead atoms. The van der Waals surface area contributed by atoms with Gasteiger partial charge in [0.05, 0.1) is 7.11 Å². The van der Waals surface area contributed by atoms with Crippen LogP contribution in [-0.2, 0) is 19.1 Å². The summed E-state index contributed by atoms with van der Waals surface area (Å²) < 4.78 is 9.90. The maximum atomic E-state index is 11.1. The smallest absolute Gasteiger partial charge is 0.305 e. The van der Waals surface area contributed by atoms with Crippen molar-refractivity contribution in [3.63, 3.8) is 0 Å². The van der Waals surface area contributed by atoms with Crippen molar-refractivity contribution in [3.8, 4) is 0 Å². The van der Waals surface area contributed by atoms with Gasteiger partial charge in [-0.1, -0.05) is 12.2 Å². The van der Waals surface area contributed by atoms with E-state index in [4.69, 9.17) is 4.74 Å². The summed E-state index contributed by atoms with van der Waals surface area (Å²) in [7, 11) is 1.40. The Kier molecular flexibility index (Phi) is 8.05. The molecule has 0 aromatic carbocycles. The molecule has 0 radical (unpaired) electrons. The van der Waals surface area contributed by atoms with E-state index in [1.165, 1.54) is 14.0 Å². The fourth-order valence-corrected chi connectivity index (χ4v) is 2.80. The number of carbonyl (C=O) groups is 2. The van der Waals surface area contributed by atoms with E-state index >= 15 is 0 Å². The number of esters is 2. The summed E-state index contributed by atoms with van der Waals surface area (Å²) in [5.74, 6) is -0.180. The first-order chi connectivity index (χ1) is 10.1. The van der Waals surface area contributed by atoms with Crippen molar-refractivity contribution in [3.05, 3.63) is 12.2 Å². The van der Waals surface area contributed by atoms with Crippen molar-refractivity contribution < 1.29 is 24.2 Å². The number of allylic oxidation sites excluding steroid dienone is 1. The van der Waals surface area contributed by atoms with Crippen LogP contribution in [0.2, 0.25) is 0 Å². The molecule has 21 heavy (non-hydrogen) atoms. The zero-order chi connectivity index (χ0) is 15.7. The molecule has 1 N–H and O–H groups in total. The van der Waals surface area contributed by atoms with E-state index in [0.29, 0.717) is 6.42 Å². The first-order valence-electron chi connectivity index (χ1n) is 7.60. The second-order valence-corrected chi connectivity index (χ2v) is 5.50. The largest absolute Gasteiger partial charge is 0.469 e. The topological polar surface area (TPSA) is 72.8 Å². The number of carbonyl (C=O) groups excluding carboxylic acids is 2. The Morgan fingerprint density at radius 1 is 1.29 bits per heavy atom. The average Bonchev–Trinajstić information content (AvgIpc) is 2.83. The fourth-order valence-electron chi connectivity index (χ4n) is 2.80. The number of rotatable bonds is 8. The van der Waals surface area contributed by atoms with Crippen LogP contribution in [0.15, 0.2) is 12.2 Å². The number of aliphatic hydroxyl groups is 1. The van der Waals surface area contributed by atoms with Gasteiger partial charge >= 0.3 is 11.9 Å². The molecule has 3 unspecified atom stereocenters. The van der Waals surface area contributed by atoms with Gasteiger partial charge in [0.25, 0.3) is 0 Å². The van der Waals surface area contributed by atoms with Crippen molar-refractivity contribution >= 4 is 11.9 Å². The van der Waals surface area contributed by atoms with Crippen molar-refractivity contribution in [1.82, 2.24) is 0 Å². The number of unbranched alkanes of at least 4 members (excludes halogenated alkanes) is 2. The summed E-state index contributed by atoms with van der Waals surface area (Å²) in [5, 5.41) is 9.39. The minimum atomic E-state index is -0.268. The molecule has 0 heterocycles. The lowest BCUT2D eigenvalue weighted by Gasteiger charge is -2.20. The van der Waals surface area contributed by atoms with Crippen LogP contribution in [0.4, 0.5) is 0 Å². The van der Waals surface area contributed by atoms with Crippen molar-refractivity contribution in [2.75, 3.05) is 13.7 Å². The second kappa shape index (κ2) is 9.55. The van der Waals surface area contributed by atoms with E-state index in [9.17, 15) is 14.7 Å². The van der Waals surface area contributed by atoms with Gasteiger partial charge in [-0.05, 0) is 38.0 Å². The molecule has 0 aliphatic heterocycles. The second-order valence-electron chi connectivity index (χ2n) is 5.50. The number of aliphatic hydroxyl groups excluding tert-OH is 1. The molecule has 1 aliphatic rings. The highest BCUT2D eigenvalue weighted by atomic mass is 16.5. The Bertz CT molecular complexity index is 364. The van der Waals surface area contributed by atoms with Gasteiger partial charge in [-0.3, -0.25) is 9.59 Å². The van der Waals surface area contributed by atoms with Crippen molar-refractivity contribution in [2.45, 2.75) is 51.6 Å². The van der Waals surface area contributed by atoms with Crippen LogP contribution in [0, 0.1) is 11.8 Å². The third-order valence-corrected chi connectivity index (χ3v) is 3.94. The molecular formula is C16H26O5. The predicted molar refractivity (Wildman–Crippen MR) is 78.5 cm³/mol. The molecule has 5 heteroatoms. The molecule has 1 rings (SSSR count). The molecule has 1 fully saturated rings. The van der Waals surface area contributed by atoms with Gasteiger partial charge in [0, 0.05) is 25.9 Å². The molecule has 120 valence electrons. The molecule has 1 saturated carbocycles. The minimum Gasteiger partial charge on any atom is -0.469 e. The predicted octanol–water partition coefficient (Wildman–Crippen LogP) is 2.23. The Labute approximate surface area is 126 Å². The van der Waals surface area contributed by atoms with E-state index in [1.54, 1.807) is 0 Å². The Balaban J connectivity index is 2.36. The monoisotopic (exact) mass is 298 g/mol. The van der Waals surface area contributed by atoms with Crippen LogP contribution in [0.5, 0.6) is 0 Å². The standard InChI is InChI=1S/C16H26O5/c1-12(18)21-15-10-9-13(11-17)14(15)7-5-3-4-6-8-16(19)20-2/h5,7,13-15,17H,3-4,6,8-11H2,1-2H3. The maximum absolute atomic E-state index is 11.1. The first-order valence-corrected chi connectivity index (χ1v) is 7.60. The van der Waals surface area contributed by atoms with Crippen LogP contribution >= 0.6 is 0 Å².